The third-order valence-electron chi connectivity index (χ3n) is 5.02. The maximum Gasteiger partial charge on any atom is 0.240 e. The molecule has 18 heavy (non-hydrogen) atoms. The molecule has 1 heterocycles. The first-order chi connectivity index (χ1) is 8.52. The number of likely N-dealkylation sites (tertiary alicyclic amines) is 1. The lowest BCUT2D eigenvalue weighted by atomic mass is 9.72. The van der Waals surface area contributed by atoms with Gasteiger partial charge in [0.05, 0.1) is 6.04 Å². The smallest absolute Gasteiger partial charge is 0.240 e. The van der Waals surface area contributed by atoms with E-state index in [9.17, 15) is 4.79 Å². The first-order valence-corrected chi connectivity index (χ1v) is 7.58. The zero-order valence-electron chi connectivity index (χ0n) is 12.1. The molecule has 0 bridgehead atoms. The second-order valence-electron chi connectivity index (χ2n) is 6.58. The van der Waals surface area contributed by atoms with Crippen LogP contribution in [0.3, 0.4) is 0 Å². The molecule has 1 aliphatic carbocycles. The molecular weight excluding hydrogens is 224 g/mol. The molecule has 1 aliphatic heterocycles. The van der Waals surface area contributed by atoms with Crippen LogP contribution in [-0.2, 0) is 4.79 Å². The van der Waals surface area contributed by atoms with Gasteiger partial charge >= 0.3 is 0 Å². The summed E-state index contributed by atoms with van der Waals surface area (Å²) in [6.07, 6.45) is 6.24. The SMILES string of the molecule is CC(C)C(N)C(=O)N1CCC(C)C2CCCCC21. The van der Waals surface area contributed by atoms with Gasteiger partial charge in [0.1, 0.15) is 0 Å². The minimum Gasteiger partial charge on any atom is -0.338 e. The molecule has 1 saturated heterocycles. The zero-order valence-corrected chi connectivity index (χ0v) is 12.1. The number of rotatable bonds is 2. The van der Waals surface area contributed by atoms with Gasteiger partial charge in [-0.2, -0.15) is 0 Å². The first-order valence-electron chi connectivity index (χ1n) is 7.58. The maximum absolute atomic E-state index is 12.5. The number of amides is 1. The number of nitrogens with zero attached hydrogens (tertiary/aromatic N) is 1. The number of piperidine rings is 1. The summed E-state index contributed by atoms with van der Waals surface area (Å²) < 4.78 is 0. The van der Waals surface area contributed by atoms with E-state index in [0.29, 0.717) is 6.04 Å². The summed E-state index contributed by atoms with van der Waals surface area (Å²) in [5.74, 6) is 1.91. The molecule has 3 heteroatoms. The molecule has 0 aromatic rings. The van der Waals surface area contributed by atoms with Crippen molar-refractivity contribution in [2.75, 3.05) is 6.54 Å². The lowest BCUT2D eigenvalue weighted by Crippen LogP contribution is -2.57. The summed E-state index contributed by atoms with van der Waals surface area (Å²) in [5, 5.41) is 0. The standard InChI is InChI=1S/C15H28N2O/c1-10(2)14(16)15(18)17-9-8-11(3)12-6-4-5-7-13(12)17/h10-14H,4-9,16H2,1-3H3. The average molecular weight is 252 g/mol. The van der Waals surface area contributed by atoms with Crippen molar-refractivity contribution < 1.29 is 4.79 Å². The fourth-order valence-corrected chi connectivity index (χ4v) is 3.66. The second kappa shape index (κ2) is 5.60. The van der Waals surface area contributed by atoms with E-state index in [1.165, 1.54) is 25.7 Å². The first kappa shape index (κ1) is 13.9. The average Bonchev–Trinajstić information content (AvgIpc) is 2.38. The molecule has 2 rings (SSSR count). The number of carbonyl (C=O) groups excluding carboxylic acids is 1. The third-order valence-corrected chi connectivity index (χ3v) is 5.02. The van der Waals surface area contributed by atoms with E-state index in [1.54, 1.807) is 0 Å². The van der Waals surface area contributed by atoms with Gasteiger partial charge in [-0.25, -0.2) is 0 Å². The van der Waals surface area contributed by atoms with Crippen molar-refractivity contribution >= 4 is 5.91 Å². The second-order valence-corrected chi connectivity index (χ2v) is 6.58. The van der Waals surface area contributed by atoms with Crippen LogP contribution >= 0.6 is 0 Å². The largest absolute Gasteiger partial charge is 0.338 e. The highest BCUT2D eigenvalue weighted by atomic mass is 16.2. The summed E-state index contributed by atoms with van der Waals surface area (Å²) in [5.41, 5.74) is 6.06. The van der Waals surface area contributed by atoms with E-state index in [0.717, 1.165) is 24.8 Å². The van der Waals surface area contributed by atoms with Crippen LogP contribution in [0, 0.1) is 17.8 Å². The van der Waals surface area contributed by atoms with Crippen LogP contribution < -0.4 is 5.73 Å². The predicted octanol–water partition coefficient (Wildman–Crippen LogP) is 2.40. The van der Waals surface area contributed by atoms with Crippen molar-refractivity contribution in [3.8, 4) is 0 Å². The Morgan fingerprint density at radius 2 is 1.89 bits per heavy atom. The van der Waals surface area contributed by atoms with Crippen LogP contribution in [0.2, 0.25) is 0 Å². The molecule has 2 fully saturated rings. The molecule has 1 saturated carbocycles. The summed E-state index contributed by atoms with van der Waals surface area (Å²) in [7, 11) is 0. The van der Waals surface area contributed by atoms with Gasteiger partial charge in [-0.15, -0.1) is 0 Å². The van der Waals surface area contributed by atoms with Crippen molar-refractivity contribution in [1.82, 2.24) is 4.90 Å². The van der Waals surface area contributed by atoms with Gasteiger partial charge in [-0.3, -0.25) is 4.79 Å². The third kappa shape index (κ3) is 2.56. The van der Waals surface area contributed by atoms with Gasteiger partial charge in [0.25, 0.3) is 0 Å². The Bertz CT molecular complexity index is 303. The maximum atomic E-state index is 12.5. The molecule has 2 N–H and O–H groups in total. The van der Waals surface area contributed by atoms with Crippen LogP contribution in [-0.4, -0.2) is 29.4 Å². The molecular formula is C15H28N2O. The molecule has 4 unspecified atom stereocenters. The van der Waals surface area contributed by atoms with Crippen molar-refractivity contribution in [3.05, 3.63) is 0 Å². The molecule has 4 atom stereocenters. The normalized spacial score (nSPS) is 34.3. The van der Waals surface area contributed by atoms with E-state index in [-0.39, 0.29) is 17.9 Å². The lowest BCUT2D eigenvalue weighted by Gasteiger charge is -2.48. The van der Waals surface area contributed by atoms with E-state index in [2.05, 4.69) is 11.8 Å². The summed E-state index contributed by atoms with van der Waals surface area (Å²) in [6.45, 7) is 7.34. The fraction of sp³-hybridized carbons (Fsp3) is 0.933. The topological polar surface area (TPSA) is 46.3 Å². The number of nitrogens with two attached hydrogens (primary N) is 1. The van der Waals surface area contributed by atoms with E-state index in [4.69, 9.17) is 5.73 Å². The Morgan fingerprint density at radius 3 is 2.56 bits per heavy atom. The zero-order chi connectivity index (χ0) is 13.3. The lowest BCUT2D eigenvalue weighted by molar-refractivity contribution is -0.141. The number of hydrogen-bond acceptors (Lipinski definition) is 2. The van der Waals surface area contributed by atoms with Crippen molar-refractivity contribution in [1.29, 1.82) is 0 Å². The van der Waals surface area contributed by atoms with Gasteiger partial charge in [0.2, 0.25) is 5.91 Å². The molecule has 0 radical (unpaired) electrons. The fourth-order valence-electron chi connectivity index (χ4n) is 3.66. The summed E-state index contributed by atoms with van der Waals surface area (Å²) in [6, 6.07) is 0.154. The highest BCUT2D eigenvalue weighted by molar-refractivity contribution is 5.82. The molecule has 0 aromatic heterocycles. The monoisotopic (exact) mass is 252 g/mol. The highest BCUT2D eigenvalue weighted by Crippen LogP contribution is 2.39. The Hall–Kier alpha value is -0.570. The Labute approximate surface area is 111 Å². The van der Waals surface area contributed by atoms with Gasteiger partial charge in [-0.05, 0) is 37.0 Å². The Kier molecular flexibility index (Phi) is 4.31. The van der Waals surface area contributed by atoms with Gasteiger partial charge in [0, 0.05) is 12.6 Å². The van der Waals surface area contributed by atoms with Crippen molar-refractivity contribution in [2.45, 2.75) is 65.0 Å². The van der Waals surface area contributed by atoms with E-state index < -0.39 is 0 Å². The van der Waals surface area contributed by atoms with E-state index >= 15 is 0 Å². The number of fused-ring (bicyclic) bond motifs is 1. The van der Waals surface area contributed by atoms with Crippen LogP contribution in [0.5, 0.6) is 0 Å². The molecule has 0 aromatic carbocycles. The molecule has 0 spiro atoms. The van der Waals surface area contributed by atoms with Gasteiger partial charge in [-0.1, -0.05) is 33.6 Å². The Balaban J connectivity index is 2.10. The highest BCUT2D eigenvalue weighted by Gasteiger charge is 2.40. The van der Waals surface area contributed by atoms with Gasteiger partial charge < -0.3 is 10.6 Å². The van der Waals surface area contributed by atoms with Gasteiger partial charge in [0.15, 0.2) is 0 Å². The molecule has 1 amide bonds. The molecule has 3 nitrogen and oxygen atoms in total. The Morgan fingerprint density at radius 1 is 1.22 bits per heavy atom. The van der Waals surface area contributed by atoms with Crippen LogP contribution in [0.25, 0.3) is 0 Å². The number of carbonyl (C=O) groups is 1. The summed E-state index contributed by atoms with van der Waals surface area (Å²) in [4.78, 5) is 14.6. The predicted molar refractivity (Wildman–Crippen MR) is 74.1 cm³/mol. The molecule has 2 aliphatic rings. The van der Waals surface area contributed by atoms with Crippen LogP contribution in [0.1, 0.15) is 52.9 Å². The van der Waals surface area contributed by atoms with Crippen molar-refractivity contribution in [2.24, 2.45) is 23.5 Å². The minimum atomic E-state index is -0.319. The minimum absolute atomic E-state index is 0.189. The van der Waals surface area contributed by atoms with Crippen LogP contribution in [0.15, 0.2) is 0 Å². The van der Waals surface area contributed by atoms with Crippen molar-refractivity contribution in [3.63, 3.8) is 0 Å². The van der Waals surface area contributed by atoms with Crippen LogP contribution in [0.4, 0.5) is 0 Å². The summed E-state index contributed by atoms with van der Waals surface area (Å²) >= 11 is 0. The van der Waals surface area contributed by atoms with E-state index in [1.807, 2.05) is 13.8 Å². The quantitative estimate of drug-likeness (QED) is 0.820. The molecule has 104 valence electrons. The number of hydrogen-bond donors (Lipinski definition) is 1.